The van der Waals surface area contributed by atoms with Gasteiger partial charge in [-0.05, 0) is 99.5 Å². The molecule has 1 N–H and O–H groups in total. The highest BCUT2D eigenvalue weighted by atomic mass is 79.9. The zero-order valence-corrected chi connectivity index (χ0v) is 27.2. The summed E-state index contributed by atoms with van der Waals surface area (Å²) < 4.78 is 11.0. The van der Waals surface area contributed by atoms with Gasteiger partial charge in [0.15, 0.2) is 4.80 Å². The minimum Gasteiger partial charge on any atom is -0.494 e. The Bertz CT molecular complexity index is 2070. The molecule has 1 aliphatic rings. The highest BCUT2D eigenvalue weighted by Gasteiger charge is 2.32. The molecule has 0 unspecified atom stereocenters. The second-order valence-corrected chi connectivity index (χ2v) is 12.5. The number of hydrogen-bond donors (Lipinski definition) is 1. The van der Waals surface area contributed by atoms with E-state index in [4.69, 9.17) is 9.73 Å². The van der Waals surface area contributed by atoms with Gasteiger partial charge in [-0.25, -0.2) is 4.99 Å². The molecule has 1 amide bonds. The molecule has 222 valence electrons. The molecule has 3 heterocycles. The molecular formula is C35H31BrN4O3S. The molecule has 0 saturated carbocycles. The molecule has 5 aromatic rings. The lowest BCUT2D eigenvalue weighted by atomic mass is 9.95. The van der Waals surface area contributed by atoms with Crippen molar-refractivity contribution in [2.24, 2.45) is 4.99 Å². The molecule has 0 aliphatic carbocycles. The summed E-state index contributed by atoms with van der Waals surface area (Å²) in [6, 6.07) is 26.4. The fourth-order valence-corrected chi connectivity index (χ4v) is 6.92. The number of fused-ring (bicyclic) bond motifs is 1. The minimum atomic E-state index is -0.664. The molecule has 3 aromatic carbocycles. The molecule has 0 spiro atoms. The summed E-state index contributed by atoms with van der Waals surface area (Å²) in [6.45, 7) is 8.41. The van der Waals surface area contributed by atoms with Gasteiger partial charge in [0.05, 0.1) is 28.5 Å². The van der Waals surface area contributed by atoms with Crippen molar-refractivity contribution in [3.05, 3.63) is 143 Å². The Morgan fingerprint density at radius 2 is 1.73 bits per heavy atom. The average Bonchev–Trinajstić information content (AvgIpc) is 3.47. The lowest BCUT2D eigenvalue weighted by Gasteiger charge is -2.25. The van der Waals surface area contributed by atoms with Crippen molar-refractivity contribution in [1.82, 2.24) is 9.13 Å². The Morgan fingerprint density at radius 3 is 2.41 bits per heavy atom. The number of thiazole rings is 1. The van der Waals surface area contributed by atoms with Gasteiger partial charge in [0.25, 0.3) is 11.5 Å². The molecule has 1 aliphatic heterocycles. The molecule has 44 heavy (non-hydrogen) atoms. The van der Waals surface area contributed by atoms with E-state index in [2.05, 4.69) is 57.9 Å². The molecule has 0 bridgehead atoms. The van der Waals surface area contributed by atoms with Crippen molar-refractivity contribution < 1.29 is 9.53 Å². The summed E-state index contributed by atoms with van der Waals surface area (Å²) in [4.78, 5) is 33.4. The molecule has 0 radical (unpaired) electrons. The van der Waals surface area contributed by atoms with Crippen molar-refractivity contribution in [1.29, 1.82) is 0 Å². The molecular weight excluding hydrogens is 636 g/mol. The van der Waals surface area contributed by atoms with Crippen molar-refractivity contribution in [2.45, 2.75) is 33.7 Å². The zero-order chi connectivity index (χ0) is 31.0. The van der Waals surface area contributed by atoms with Crippen LogP contribution < -0.4 is 24.9 Å². The van der Waals surface area contributed by atoms with E-state index in [0.717, 1.165) is 38.4 Å². The summed E-state index contributed by atoms with van der Waals surface area (Å²) in [5.41, 5.74) is 6.34. The Balaban J connectivity index is 1.48. The summed E-state index contributed by atoms with van der Waals surface area (Å²) in [7, 11) is 0. The van der Waals surface area contributed by atoms with Gasteiger partial charge < -0.3 is 14.6 Å². The number of benzene rings is 3. The van der Waals surface area contributed by atoms with Crippen molar-refractivity contribution >= 4 is 44.9 Å². The monoisotopic (exact) mass is 666 g/mol. The molecule has 7 nitrogen and oxygen atoms in total. The van der Waals surface area contributed by atoms with Crippen LogP contribution in [0.5, 0.6) is 5.75 Å². The maximum absolute atomic E-state index is 14.2. The Morgan fingerprint density at radius 1 is 1.02 bits per heavy atom. The number of nitrogens with zero attached hydrogens (tertiary/aromatic N) is 3. The van der Waals surface area contributed by atoms with Gasteiger partial charge in [0.1, 0.15) is 5.75 Å². The van der Waals surface area contributed by atoms with Crippen LogP contribution in [0.3, 0.4) is 0 Å². The number of hydrogen-bond acceptors (Lipinski definition) is 5. The number of halogens is 1. The minimum absolute atomic E-state index is 0.196. The second-order valence-electron chi connectivity index (χ2n) is 10.5. The molecule has 1 atom stereocenters. The normalized spacial score (nSPS) is 14.8. The molecule has 2 aromatic heterocycles. The van der Waals surface area contributed by atoms with Crippen molar-refractivity contribution in [3.63, 3.8) is 0 Å². The standard InChI is InChI=1S/C35H31BrN4O3S/c1-5-43-29-17-11-24(12-18-29)32-31(33(41)38-27-9-7-6-8-10-27)22(3)37-35-40(32)34(42)30(44-35)20-25-19-21(2)39(23(25)4)28-15-13-26(36)14-16-28/h6-20,32H,5H2,1-4H3,(H,38,41)/b30-20-/t32-/m0/s1. The zero-order valence-electron chi connectivity index (χ0n) is 24.8. The number of ether oxygens (including phenoxy) is 1. The van der Waals surface area contributed by atoms with Crippen LogP contribution in [-0.4, -0.2) is 21.6 Å². The van der Waals surface area contributed by atoms with Gasteiger partial charge in [-0.15, -0.1) is 0 Å². The number of anilines is 1. The van der Waals surface area contributed by atoms with Gasteiger partial charge in [0.2, 0.25) is 0 Å². The quantitative estimate of drug-likeness (QED) is 0.217. The predicted octanol–water partition coefficient (Wildman–Crippen LogP) is 6.44. The van der Waals surface area contributed by atoms with E-state index in [1.165, 1.54) is 11.3 Å². The Labute approximate surface area is 267 Å². The maximum atomic E-state index is 14.2. The Hall–Kier alpha value is -4.47. The first-order valence-electron chi connectivity index (χ1n) is 14.3. The first-order chi connectivity index (χ1) is 21.2. The number of rotatable bonds is 7. The topological polar surface area (TPSA) is 77.6 Å². The van der Waals surface area contributed by atoms with E-state index in [1.807, 2.05) is 86.7 Å². The van der Waals surface area contributed by atoms with Crippen LogP contribution in [0.25, 0.3) is 11.8 Å². The third-order valence-electron chi connectivity index (χ3n) is 7.65. The number of carbonyl (C=O) groups excluding carboxylic acids is 1. The number of para-hydroxylation sites is 1. The third-order valence-corrected chi connectivity index (χ3v) is 9.16. The summed E-state index contributed by atoms with van der Waals surface area (Å²) in [6.07, 6.45) is 1.93. The second kappa shape index (κ2) is 12.3. The van der Waals surface area contributed by atoms with Crippen LogP contribution in [0.4, 0.5) is 5.69 Å². The van der Waals surface area contributed by atoms with E-state index in [0.29, 0.717) is 32.9 Å². The molecule has 6 rings (SSSR count). The van der Waals surface area contributed by atoms with Crippen LogP contribution >= 0.6 is 27.3 Å². The lowest BCUT2D eigenvalue weighted by Crippen LogP contribution is -2.40. The molecule has 0 fully saturated rings. The van der Waals surface area contributed by atoms with E-state index in [1.54, 1.807) is 4.57 Å². The Kier molecular flexibility index (Phi) is 8.25. The van der Waals surface area contributed by atoms with Gasteiger partial charge in [-0.3, -0.25) is 14.2 Å². The van der Waals surface area contributed by atoms with Gasteiger partial charge in [-0.2, -0.15) is 0 Å². The van der Waals surface area contributed by atoms with E-state index < -0.39 is 6.04 Å². The summed E-state index contributed by atoms with van der Waals surface area (Å²) in [5.74, 6) is 0.421. The van der Waals surface area contributed by atoms with Crippen LogP contribution in [0.2, 0.25) is 0 Å². The van der Waals surface area contributed by atoms with Gasteiger partial charge >= 0.3 is 0 Å². The maximum Gasteiger partial charge on any atom is 0.271 e. The fraction of sp³-hybridized carbons (Fsp3) is 0.171. The fourth-order valence-electron chi connectivity index (χ4n) is 5.62. The van der Waals surface area contributed by atoms with Crippen LogP contribution in [0.15, 0.2) is 110 Å². The van der Waals surface area contributed by atoms with E-state index in [-0.39, 0.29) is 11.5 Å². The number of aryl methyl sites for hydroxylation is 1. The highest BCUT2D eigenvalue weighted by molar-refractivity contribution is 9.10. The first kappa shape index (κ1) is 29.6. The van der Waals surface area contributed by atoms with E-state index >= 15 is 0 Å². The summed E-state index contributed by atoms with van der Waals surface area (Å²) in [5, 5.41) is 3.00. The first-order valence-corrected chi connectivity index (χ1v) is 15.9. The number of amides is 1. The molecule has 9 heteroatoms. The van der Waals surface area contributed by atoms with Crippen molar-refractivity contribution in [3.8, 4) is 11.4 Å². The number of nitrogens with one attached hydrogen (secondary N) is 1. The number of aromatic nitrogens is 2. The lowest BCUT2D eigenvalue weighted by molar-refractivity contribution is -0.113. The number of allylic oxidation sites excluding steroid dienone is 1. The van der Waals surface area contributed by atoms with Crippen LogP contribution in [-0.2, 0) is 4.79 Å². The van der Waals surface area contributed by atoms with Crippen LogP contribution in [0.1, 0.15) is 42.4 Å². The van der Waals surface area contributed by atoms with Crippen LogP contribution in [0, 0.1) is 13.8 Å². The SMILES string of the molecule is CCOc1ccc([C@H]2C(C(=O)Nc3ccccc3)=C(C)N=c3s/c(=C\c4cc(C)n(-c5ccc(Br)cc5)c4C)c(=O)n32)cc1. The van der Waals surface area contributed by atoms with Gasteiger partial charge in [-0.1, -0.05) is 57.6 Å². The summed E-state index contributed by atoms with van der Waals surface area (Å²) >= 11 is 4.84. The predicted molar refractivity (Wildman–Crippen MR) is 179 cm³/mol. The third kappa shape index (κ3) is 5.60. The molecule has 0 saturated heterocycles. The largest absolute Gasteiger partial charge is 0.494 e. The van der Waals surface area contributed by atoms with Gasteiger partial charge in [0, 0.05) is 27.2 Å². The van der Waals surface area contributed by atoms with Crippen molar-refractivity contribution in [2.75, 3.05) is 11.9 Å². The smallest absolute Gasteiger partial charge is 0.271 e. The highest BCUT2D eigenvalue weighted by Crippen LogP contribution is 2.32. The number of carbonyl (C=O) groups is 1. The average molecular weight is 668 g/mol. The van der Waals surface area contributed by atoms with E-state index in [9.17, 15) is 9.59 Å².